The van der Waals surface area contributed by atoms with Crippen molar-refractivity contribution in [1.82, 2.24) is 0 Å². The van der Waals surface area contributed by atoms with Gasteiger partial charge in [0.2, 0.25) is 0 Å². The van der Waals surface area contributed by atoms with Gasteiger partial charge >= 0.3 is 11.9 Å². The first-order chi connectivity index (χ1) is 10.2. The smallest absolute Gasteiger partial charge is 0.317 e. The van der Waals surface area contributed by atoms with Gasteiger partial charge in [-0.05, 0) is 24.3 Å². The molecule has 0 aliphatic heterocycles. The summed E-state index contributed by atoms with van der Waals surface area (Å²) in [4.78, 5) is 23.1. The first-order valence-electron chi connectivity index (χ1n) is 7.59. The molecule has 114 valence electrons. The molecule has 1 aliphatic rings. The molecule has 2 rings (SSSR count). The number of benzene rings is 1. The minimum absolute atomic E-state index is 0.190. The largest absolute Gasteiger partial charge is 0.465 e. The number of rotatable bonds is 6. The Morgan fingerprint density at radius 1 is 0.952 bits per heavy atom. The Bertz CT molecular complexity index is 449. The molecule has 21 heavy (non-hydrogen) atoms. The Morgan fingerprint density at radius 3 is 2.33 bits per heavy atom. The van der Waals surface area contributed by atoms with Gasteiger partial charge in [-0.1, -0.05) is 49.6 Å². The third-order valence-electron chi connectivity index (χ3n) is 3.74. The highest BCUT2D eigenvalue weighted by molar-refractivity contribution is 5.91. The van der Waals surface area contributed by atoms with Crippen LogP contribution in [0.3, 0.4) is 0 Å². The molecule has 0 radical (unpaired) electrons. The molecule has 0 bridgehead atoms. The lowest BCUT2D eigenvalue weighted by Gasteiger charge is -2.20. The van der Waals surface area contributed by atoms with Gasteiger partial charge in [0.05, 0.1) is 6.61 Å². The van der Waals surface area contributed by atoms with Crippen molar-refractivity contribution in [3.63, 3.8) is 0 Å². The third kappa shape index (κ3) is 5.98. The summed E-state index contributed by atoms with van der Waals surface area (Å²) in [7, 11) is 0. The Morgan fingerprint density at radius 2 is 1.62 bits per heavy atom. The van der Waals surface area contributed by atoms with Crippen LogP contribution >= 0.6 is 0 Å². The molecule has 0 unspecified atom stereocenters. The number of carbonyl (C=O) groups excluding carboxylic acids is 2. The van der Waals surface area contributed by atoms with Crippen LogP contribution in [-0.2, 0) is 25.7 Å². The van der Waals surface area contributed by atoms with E-state index in [-0.39, 0.29) is 13.0 Å². The second-order valence-electron chi connectivity index (χ2n) is 5.51. The fourth-order valence-electron chi connectivity index (χ4n) is 2.52. The number of hydrogen-bond donors (Lipinski definition) is 0. The summed E-state index contributed by atoms with van der Waals surface area (Å²) in [5, 5.41) is 0. The number of hydrogen-bond acceptors (Lipinski definition) is 4. The van der Waals surface area contributed by atoms with E-state index in [1.165, 1.54) is 19.3 Å². The van der Waals surface area contributed by atoms with E-state index in [1.54, 1.807) is 0 Å². The van der Waals surface area contributed by atoms with Gasteiger partial charge in [0.25, 0.3) is 0 Å². The fourth-order valence-corrected chi connectivity index (χ4v) is 2.52. The zero-order valence-electron chi connectivity index (χ0n) is 12.3. The van der Waals surface area contributed by atoms with Crippen molar-refractivity contribution in [2.24, 2.45) is 5.92 Å². The fraction of sp³-hybridized carbons (Fsp3) is 0.529. The first kappa shape index (κ1) is 15.5. The number of ether oxygens (including phenoxy) is 2. The molecule has 0 heterocycles. The van der Waals surface area contributed by atoms with Gasteiger partial charge in [-0.2, -0.15) is 0 Å². The molecule has 0 N–H and O–H groups in total. The van der Waals surface area contributed by atoms with E-state index in [9.17, 15) is 9.59 Å². The van der Waals surface area contributed by atoms with Crippen LogP contribution in [0.5, 0.6) is 0 Å². The van der Waals surface area contributed by atoms with Crippen LogP contribution in [0.1, 0.15) is 44.1 Å². The van der Waals surface area contributed by atoms with E-state index in [0.29, 0.717) is 12.5 Å². The average molecular weight is 290 g/mol. The van der Waals surface area contributed by atoms with Gasteiger partial charge < -0.3 is 9.47 Å². The lowest BCUT2D eigenvalue weighted by molar-refractivity contribution is -0.156. The van der Waals surface area contributed by atoms with Crippen LogP contribution in [0, 0.1) is 5.92 Å². The molecule has 4 nitrogen and oxygen atoms in total. The highest BCUT2D eigenvalue weighted by atomic mass is 16.6. The van der Waals surface area contributed by atoms with E-state index < -0.39 is 11.9 Å². The van der Waals surface area contributed by atoms with Crippen molar-refractivity contribution in [3.8, 4) is 0 Å². The van der Waals surface area contributed by atoms with Gasteiger partial charge in [0, 0.05) is 0 Å². The maximum atomic E-state index is 11.6. The summed E-state index contributed by atoms with van der Waals surface area (Å²) in [6, 6.07) is 9.39. The van der Waals surface area contributed by atoms with Crippen molar-refractivity contribution in [2.45, 2.75) is 45.1 Å². The Kier molecular flexibility index (Phi) is 6.25. The Balaban J connectivity index is 1.61. The molecule has 0 atom stereocenters. The van der Waals surface area contributed by atoms with E-state index in [1.807, 2.05) is 30.3 Å². The monoisotopic (exact) mass is 290 g/mol. The zero-order valence-corrected chi connectivity index (χ0v) is 12.3. The van der Waals surface area contributed by atoms with Crippen molar-refractivity contribution >= 4 is 11.9 Å². The van der Waals surface area contributed by atoms with E-state index in [0.717, 1.165) is 18.4 Å². The van der Waals surface area contributed by atoms with Crippen LogP contribution in [0.4, 0.5) is 0 Å². The van der Waals surface area contributed by atoms with Crippen molar-refractivity contribution in [2.75, 3.05) is 6.61 Å². The lowest BCUT2D eigenvalue weighted by Crippen LogP contribution is -2.19. The van der Waals surface area contributed by atoms with Gasteiger partial charge in [-0.15, -0.1) is 0 Å². The molecule has 4 heteroatoms. The van der Waals surface area contributed by atoms with Crippen molar-refractivity contribution in [1.29, 1.82) is 0 Å². The van der Waals surface area contributed by atoms with Crippen LogP contribution in [-0.4, -0.2) is 18.5 Å². The molecule has 0 amide bonds. The molecular weight excluding hydrogens is 268 g/mol. The van der Waals surface area contributed by atoms with E-state index >= 15 is 0 Å². The zero-order chi connectivity index (χ0) is 14.9. The summed E-state index contributed by atoms with van der Waals surface area (Å²) >= 11 is 0. The standard InChI is InChI=1S/C17H22O4/c18-16(20-12-14-7-3-1-4-8-14)11-17(19)21-13-15-9-5-2-6-10-15/h1,3-4,7-8,15H,2,5-6,9-13H2. The summed E-state index contributed by atoms with van der Waals surface area (Å²) in [5.74, 6) is -0.561. The third-order valence-corrected chi connectivity index (χ3v) is 3.74. The molecule has 1 saturated carbocycles. The Hall–Kier alpha value is -1.84. The molecule has 0 aromatic heterocycles. The van der Waals surface area contributed by atoms with Crippen molar-refractivity contribution in [3.05, 3.63) is 35.9 Å². The normalized spacial score (nSPS) is 15.4. The summed E-state index contributed by atoms with van der Waals surface area (Å²) in [6.07, 6.45) is 5.62. The minimum atomic E-state index is -0.535. The minimum Gasteiger partial charge on any atom is -0.465 e. The molecule has 0 saturated heterocycles. The van der Waals surface area contributed by atoms with Gasteiger partial charge in [0.15, 0.2) is 0 Å². The second-order valence-corrected chi connectivity index (χ2v) is 5.51. The topological polar surface area (TPSA) is 52.6 Å². The molecule has 1 aliphatic carbocycles. The molecule has 1 fully saturated rings. The number of esters is 2. The maximum Gasteiger partial charge on any atom is 0.317 e. The van der Waals surface area contributed by atoms with Crippen LogP contribution in [0.25, 0.3) is 0 Å². The second kappa shape index (κ2) is 8.45. The van der Waals surface area contributed by atoms with Gasteiger partial charge in [0.1, 0.15) is 13.0 Å². The highest BCUT2D eigenvalue weighted by Gasteiger charge is 2.17. The van der Waals surface area contributed by atoms with Crippen LogP contribution < -0.4 is 0 Å². The number of carbonyl (C=O) groups is 2. The van der Waals surface area contributed by atoms with E-state index in [4.69, 9.17) is 9.47 Å². The summed E-state index contributed by atoms with van der Waals surface area (Å²) in [6.45, 7) is 0.625. The summed E-state index contributed by atoms with van der Waals surface area (Å²) in [5.41, 5.74) is 0.904. The van der Waals surface area contributed by atoms with Gasteiger partial charge in [-0.25, -0.2) is 0 Å². The summed E-state index contributed by atoms with van der Waals surface area (Å²) < 4.78 is 10.2. The van der Waals surface area contributed by atoms with E-state index in [2.05, 4.69) is 0 Å². The molecule has 1 aromatic rings. The van der Waals surface area contributed by atoms with Crippen LogP contribution in [0.2, 0.25) is 0 Å². The lowest BCUT2D eigenvalue weighted by atomic mass is 9.90. The van der Waals surface area contributed by atoms with Crippen LogP contribution in [0.15, 0.2) is 30.3 Å². The Labute approximate surface area is 125 Å². The van der Waals surface area contributed by atoms with Crippen molar-refractivity contribution < 1.29 is 19.1 Å². The molecule has 1 aromatic carbocycles. The SMILES string of the molecule is O=C(CC(=O)OCC1CCCCC1)OCc1ccccc1. The van der Waals surface area contributed by atoms with Gasteiger partial charge in [-0.3, -0.25) is 9.59 Å². The average Bonchev–Trinajstić information content (AvgIpc) is 2.53. The quantitative estimate of drug-likeness (QED) is 0.596. The molecular formula is C17H22O4. The maximum absolute atomic E-state index is 11.6. The highest BCUT2D eigenvalue weighted by Crippen LogP contribution is 2.23. The first-order valence-corrected chi connectivity index (χ1v) is 7.59. The molecule has 0 spiro atoms. The predicted octanol–water partition coefficient (Wildman–Crippen LogP) is 3.24. The predicted molar refractivity (Wildman–Crippen MR) is 78.4 cm³/mol.